The minimum atomic E-state index is -0.114. The fourth-order valence-electron chi connectivity index (χ4n) is 2.85. The molecule has 2 saturated heterocycles. The molecule has 2 rings (SSSR count). The number of hydrogen-bond acceptors (Lipinski definition) is 4. The molecule has 2 aliphatic rings. The first kappa shape index (κ1) is 14.8. The van der Waals surface area contributed by atoms with Crippen molar-refractivity contribution in [3.8, 4) is 0 Å². The Labute approximate surface area is 116 Å². The number of piperazine rings is 1. The van der Waals surface area contributed by atoms with Crippen molar-refractivity contribution < 1.29 is 9.53 Å². The number of morpholine rings is 1. The largest absolute Gasteiger partial charge is 0.378 e. The van der Waals surface area contributed by atoms with Gasteiger partial charge in [-0.05, 0) is 27.8 Å². The third kappa shape index (κ3) is 3.46. The Kier molecular flexibility index (Phi) is 4.48. The topological polar surface area (TPSA) is 36.0 Å². The van der Waals surface area contributed by atoms with Crippen LogP contribution < -0.4 is 0 Å². The molecule has 2 aliphatic heterocycles. The Morgan fingerprint density at radius 1 is 1.11 bits per heavy atom. The highest BCUT2D eigenvalue weighted by Gasteiger charge is 2.38. The van der Waals surface area contributed by atoms with E-state index < -0.39 is 0 Å². The van der Waals surface area contributed by atoms with Crippen molar-refractivity contribution in [1.29, 1.82) is 0 Å². The van der Waals surface area contributed by atoms with Crippen molar-refractivity contribution in [1.82, 2.24) is 14.7 Å². The highest BCUT2D eigenvalue weighted by molar-refractivity contribution is 5.82. The molecular weight excluding hydrogens is 242 g/mol. The van der Waals surface area contributed by atoms with Crippen molar-refractivity contribution in [2.45, 2.75) is 32.4 Å². The van der Waals surface area contributed by atoms with Crippen LogP contribution in [-0.2, 0) is 9.53 Å². The molecule has 2 heterocycles. The SMILES string of the molecule is CN1CCN(C(=O)C2COCCN2C(C)(C)C)CC1. The summed E-state index contributed by atoms with van der Waals surface area (Å²) in [6, 6.07) is -0.114. The van der Waals surface area contributed by atoms with Crippen LogP contribution in [0, 0.1) is 0 Å². The van der Waals surface area contributed by atoms with Crippen LogP contribution in [0.2, 0.25) is 0 Å². The molecule has 0 aromatic heterocycles. The Bertz CT molecular complexity index is 319. The lowest BCUT2D eigenvalue weighted by molar-refractivity contribution is -0.149. The van der Waals surface area contributed by atoms with E-state index in [4.69, 9.17) is 4.74 Å². The molecule has 0 bridgehead atoms. The molecule has 19 heavy (non-hydrogen) atoms. The molecule has 5 heteroatoms. The summed E-state index contributed by atoms with van der Waals surface area (Å²) in [6.07, 6.45) is 0. The summed E-state index contributed by atoms with van der Waals surface area (Å²) >= 11 is 0. The number of nitrogens with zero attached hydrogens (tertiary/aromatic N) is 3. The summed E-state index contributed by atoms with van der Waals surface area (Å²) in [5.41, 5.74) is 0.0106. The lowest BCUT2D eigenvalue weighted by Crippen LogP contribution is -2.62. The van der Waals surface area contributed by atoms with Gasteiger partial charge in [0.2, 0.25) is 5.91 Å². The molecule has 1 atom stereocenters. The molecule has 1 amide bonds. The highest BCUT2D eigenvalue weighted by atomic mass is 16.5. The van der Waals surface area contributed by atoms with Crippen LogP contribution in [0.1, 0.15) is 20.8 Å². The number of carbonyl (C=O) groups excluding carboxylic acids is 1. The van der Waals surface area contributed by atoms with Crippen LogP contribution in [-0.4, -0.2) is 85.2 Å². The fourth-order valence-corrected chi connectivity index (χ4v) is 2.85. The lowest BCUT2D eigenvalue weighted by atomic mass is 10.0. The number of likely N-dealkylation sites (N-methyl/N-ethyl adjacent to an activating group) is 1. The first-order valence-electron chi connectivity index (χ1n) is 7.21. The zero-order chi connectivity index (χ0) is 14.0. The second-order valence-corrected chi connectivity index (χ2v) is 6.58. The molecule has 0 spiro atoms. The molecule has 0 saturated carbocycles. The molecule has 0 radical (unpaired) electrons. The van der Waals surface area contributed by atoms with E-state index in [0.29, 0.717) is 6.61 Å². The van der Waals surface area contributed by atoms with E-state index in [2.05, 4.69) is 37.6 Å². The minimum Gasteiger partial charge on any atom is -0.378 e. The van der Waals surface area contributed by atoms with Gasteiger partial charge in [-0.15, -0.1) is 0 Å². The van der Waals surface area contributed by atoms with E-state index >= 15 is 0 Å². The first-order valence-corrected chi connectivity index (χ1v) is 7.21. The van der Waals surface area contributed by atoms with Crippen LogP contribution in [0.5, 0.6) is 0 Å². The molecule has 0 aromatic rings. The van der Waals surface area contributed by atoms with Crippen LogP contribution in [0.3, 0.4) is 0 Å². The smallest absolute Gasteiger partial charge is 0.242 e. The van der Waals surface area contributed by atoms with Gasteiger partial charge in [-0.25, -0.2) is 0 Å². The van der Waals surface area contributed by atoms with Gasteiger partial charge in [0, 0.05) is 38.3 Å². The van der Waals surface area contributed by atoms with Crippen molar-refractivity contribution in [3.05, 3.63) is 0 Å². The van der Waals surface area contributed by atoms with Crippen LogP contribution in [0.4, 0.5) is 0 Å². The first-order chi connectivity index (χ1) is 8.89. The summed E-state index contributed by atoms with van der Waals surface area (Å²) in [4.78, 5) is 19.3. The number of carbonyl (C=O) groups is 1. The molecule has 2 fully saturated rings. The van der Waals surface area contributed by atoms with Crippen molar-refractivity contribution in [2.24, 2.45) is 0 Å². The number of rotatable bonds is 1. The second kappa shape index (κ2) is 5.77. The third-order valence-electron chi connectivity index (χ3n) is 4.09. The van der Waals surface area contributed by atoms with Crippen molar-refractivity contribution in [2.75, 3.05) is 53.0 Å². The maximum Gasteiger partial charge on any atom is 0.242 e. The quantitative estimate of drug-likeness (QED) is 0.684. The molecule has 0 aliphatic carbocycles. The molecule has 1 unspecified atom stereocenters. The Morgan fingerprint density at radius 3 is 2.32 bits per heavy atom. The van der Waals surface area contributed by atoms with Gasteiger partial charge in [0.15, 0.2) is 0 Å². The normalized spacial score (nSPS) is 27.6. The second-order valence-electron chi connectivity index (χ2n) is 6.58. The highest BCUT2D eigenvalue weighted by Crippen LogP contribution is 2.21. The van der Waals surface area contributed by atoms with E-state index in [0.717, 1.165) is 39.3 Å². The number of amides is 1. The standard InChI is InChI=1S/C14H27N3O2/c1-14(2,3)17-9-10-19-11-12(17)13(18)16-7-5-15(4)6-8-16/h12H,5-11H2,1-4H3. The van der Waals surface area contributed by atoms with Gasteiger partial charge in [0.25, 0.3) is 0 Å². The van der Waals surface area contributed by atoms with E-state index in [-0.39, 0.29) is 17.5 Å². The lowest BCUT2D eigenvalue weighted by Gasteiger charge is -2.45. The van der Waals surface area contributed by atoms with Crippen LogP contribution >= 0.6 is 0 Å². The predicted molar refractivity (Wildman–Crippen MR) is 75.1 cm³/mol. The van der Waals surface area contributed by atoms with Gasteiger partial charge in [-0.1, -0.05) is 0 Å². The Morgan fingerprint density at radius 2 is 1.74 bits per heavy atom. The average molecular weight is 269 g/mol. The van der Waals surface area contributed by atoms with Gasteiger partial charge in [-0.3, -0.25) is 9.69 Å². The van der Waals surface area contributed by atoms with Gasteiger partial charge in [0.05, 0.1) is 13.2 Å². The Hall–Kier alpha value is -0.650. The third-order valence-corrected chi connectivity index (χ3v) is 4.09. The van der Waals surface area contributed by atoms with Crippen LogP contribution in [0.25, 0.3) is 0 Å². The van der Waals surface area contributed by atoms with E-state index in [1.54, 1.807) is 0 Å². The fraction of sp³-hybridized carbons (Fsp3) is 0.929. The van der Waals surface area contributed by atoms with Gasteiger partial charge in [-0.2, -0.15) is 0 Å². The van der Waals surface area contributed by atoms with Gasteiger partial charge < -0.3 is 14.5 Å². The zero-order valence-corrected chi connectivity index (χ0v) is 12.7. The molecule has 0 N–H and O–H groups in total. The van der Waals surface area contributed by atoms with Crippen molar-refractivity contribution in [3.63, 3.8) is 0 Å². The summed E-state index contributed by atoms with van der Waals surface area (Å²) in [5, 5.41) is 0. The maximum absolute atomic E-state index is 12.7. The van der Waals surface area contributed by atoms with E-state index in [1.807, 2.05) is 4.90 Å². The van der Waals surface area contributed by atoms with E-state index in [1.165, 1.54) is 0 Å². The molecule has 5 nitrogen and oxygen atoms in total. The summed E-state index contributed by atoms with van der Waals surface area (Å²) < 4.78 is 5.54. The number of hydrogen-bond donors (Lipinski definition) is 0. The monoisotopic (exact) mass is 269 g/mol. The van der Waals surface area contributed by atoms with Gasteiger partial charge >= 0.3 is 0 Å². The summed E-state index contributed by atoms with van der Waals surface area (Å²) in [5.74, 6) is 0.239. The zero-order valence-electron chi connectivity index (χ0n) is 12.7. The average Bonchev–Trinajstić information content (AvgIpc) is 2.38. The summed E-state index contributed by atoms with van der Waals surface area (Å²) in [7, 11) is 2.10. The molecular formula is C14H27N3O2. The van der Waals surface area contributed by atoms with E-state index in [9.17, 15) is 4.79 Å². The Balaban J connectivity index is 2.03. The molecule has 0 aromatic carbocycles. The maximum atomic E-state index is 12.7. The van der Waals surface area contributed by atoms with Gasteiger partial charge in [0.1, 0.15) is 6.04 Å². The van der Waals surface area contributed by atoms with Crippen LogP contribution in [0.15, 0.2) is 0 Å². The molecule has 110 valence electrons. The minimum absolute atomic E-state index is 0.0106. The summed E-state index contributed by atoms with van der Waals surface area (Å²) in [6.45, 7) is 12.2. The van der Waals surface area contributed by atoms with Crippen molar-refractivity contribution >= 4 is 5.91 Å². The predicted octanol–water partition coefficient (Wildman–Crippen LogP) is 0.260. The number of ether oxygens (including phenoxy) is 1.